The Labute approximate surface area is 113 Å². The molecule has 1 unspecified atom stereocenters. The van der Waals surface area contributed by atoms with Crippen LogP contribution in [0.15, 0.2) is 30.3 Å². The number of rotatable bonds is 5. The molecule has 1 aromatic carbocycles. The first-order valence-corrected chi connectivity index (χ1v) is 6.69. The number of amides is 1. The predicted molar refractivity (Wildman–Crippen MR) is 71.5 cm³/mol. The molecular weight excluding hydrogens is 242 g/mol. The molecule has 0 spiro atoms. The zero-order valence-corrected chi connectivity index (χ0v) is 11.2. The minimum Gasteiger partial charge on any atom is -0.466 e. The Bertz CT molecular complexity index is 444. The first-order valence-electron chi connectivity index (χ1n) is 6.69. The van der Waals surface area contributed by atoms with Gasteiger partial charge < -0.3 is 9.64 Å². The van der Waals surface area contributed by atoms with Crippen molar-refractivity contribution in [1.29, 1.82) is 0 Å². The maximum Gasteiger partial charge on any atom is 0.311 e. The maximum absolute atomic E-state index is 11.8. The largest absolute Gasteiger partial charge is 0.466 e. The molecule has 0 radical (unpaired) electrons. The van der Waals surface area contributed by atoms with Crippen molar-refractivity contribution in [3.05, 3.63) is 35.9 Å². The fourth-order valence-corrected chi connectivity index (χ4v) is 2.31. The molecule has 0 aliphatic carbocycles. The topological polar surface area (TPSA) is 46.6 Å². The molecule has 2 rings (SSSR count). The van der Waals surface area contributed by atoms with Crippen molar-refractivity contribution >= 4 is 11.9 Å². The van der Waals surface area contributed by atoms with Gasteiger partial charge in [0.1, 0.15) is 0 Å². The summed E-state index contributed by atoms with van der Waals surface area (Å²) in [4.78, 5) is 25.2. The average molecular weight is 261 g/mol. The van der Waals surface area contributed by atoms with Gasteiger partial charge in [-0.25, -0.2) is 0 Å². The quantitative estimate of drug-likeness (QED) is 0.757. The lowest BCUT2D eigenvalue weighted by molar-refractivity contribution is -0.147. The van der Waals surface area contributed by atoms with Crippen molar-refractivity contribution < 1.29 is 14.3 Å². The summed E-state index contributed by atoms with van der Waals surface area (Å²) in [5, 5.41) is 0. The highest BCUT2D eigenvalue weighted by Crippen LogP contribution is 2.19. The van der Waals surface area contributed by atoms with Gasteiger partial charge >= 0.3 is 5.97 Å². The third-order valence-corrected chi connectivity index (χ3v) is 3.35. The smallest absolute Gasteiger partial charge is 0.311 e. The minimum absolute atomic E-state index is 0.0500. The Balaban J connectivity index is 1.85. The van der Waals surface area contributed by atoms with Crippen LogP contribution in [0.25, 0.3) is 0 Å². The van der Waals surface area contributed by atoms with Crippen LogP contribution in [0.1, 0.15) is 18.9 Å². The Morgan fingerprint density at radius 2 is 2.11 bits per heavy atom. The summed E-state index contributed by atoms with van der Waals surface area (Å²) in [7, 11) is 0. The lowest BCUT2D eigenvalue weighted by Gasteiger charge is -2.16. The van der Waals surface area contributed by atoms with Gasteiger partial charge in [0.25, 0.3) is 0 Å². The summed E-state index contributed by atoms with van der Waals surface area (Å²) in [6.07, 6.45) is 1.11. The fourth-order valence-electron chi connectivity index (χ4n) is 2.31. The van der Waals surface area contributed by atoms with Crippen molar-refractivity contribution in [2.75, 3.05) is 19.7 Å². The van der Waals surface area contributed by atoms with E-state index in [1.807, 2.05) is 30.3 Å². The van der Waals surface area contributed by atoms with Crippen molar-refractivity contribution in [3.8, 4) is 0 Å². The van der Waals surface area contributed by atoms with E-state index in [-0.39, 0.29) is 24.2 Å². The summed E-state index contributed by atoms with van der Waals surface area (Å²) in [6.45, 7) is 3.30. The van der Waals surface area contributed by atoms with E-state index in [0.29, 0.717) is 19.7 Å². The first kappa shape index (κ1) is 13.6. The van der Waals surface area contributed by atoms with Gasteiger partial charge in [0.05, 0.1) is 12.5 Å². The normalized spacial score (nSPS) is 18.7. The number of hydrogen-bond acceptors (Lipinski definition) is 3. The standard InChI is InChI=1S/C15H19NO3/c1-2-19-15(18)13-10-14(17)16(11-13)9-8-12-6-4-3-5-7-12/h3-7,13H,2,8-11H2,1H3. The summed E-state index contributed by atoms with van der Waals surface area (Å²) in [6, 6.07) is 10.0. The second-order valence-corrected chi connectivity index (χ2v) is 4.73. The van der Waals surface area contributed by atoms with Gasteiger partial charge in [0.2, 0.25) is 5.91 Å². The average Bonchev–Trinajstić information content (AvgIpc) is 2.79. The fraction of sp³-hybridized carbons (Fsp3) is 0.467. The van der Waals surface area contributed by atoms with E-state index in [2.05, 4.69) is 0 Å². The van der Waals surface area contributed by atoms with Gasteiger partial charge in [-0.1, -0.05) is 30.3 Å². The van der Waals surface area contributed by atoms with Crippen LogP contribution in [0.3, 0.4) is 0 Å². The Morgan fingerprint density at radius 1 is 1.37 bits per heavy atom. The zero-order chi connectivity index (χ0) is 13.7. The van der Waals surface area contributed by atoms with Crippen molar-refractivity contribution in [1.82, 2.24) is 4.90 Å². The Hall–Kier alpha value is -1.84. The molecule has 4 nitrogen and oxygen atoms in total. The van der Waals surface area contributed by atoms with E-state index in [4.69, 9.17) is 4.74 Å². The molecule has 1 atom stereocenters. The molecule has 1 heterocycles. The molecule has 102 valence electrons. The van der Waals surface area contributed by atoms with Crippen LogP contribution in [0.2, 0.25) is 0 Å². The van der Waals surface area contributed by atoms with E-state index >= 15 is 0 Å². The summed E-state index contributed by atoms with van der Waals surface area (Å²) < 4.78 is 4.97. The van der Waals surface area contributed by atoms with Gasteiger partial charge in [-0.05, 0) is 18.9 Å². The molecule has 1 aliphatic rings. The second kappa shape index (κ2) is 6.36. The van der Waals surface area contributed by atoms with E-state index in [0.717, 1.165) is 6.42 Å². The maximum atomic E-state index is 11.8. The molecule has 4 heteroatoms. The van der Waals surface area contributed by atoms with Gasteiger partial charge in [-0.2, -0.15) is 0 Å². The molecule has 1 fully saturated rings. The lowest BCUT2D eigenvalue weighted by Crippen LogP contribution is -2.28. The Morgan fingerprint density at radius 3 is 2.79 bits per heavy atom. The summed E-state index contributed by atoms with van der Waals surface area (Å²) in [5.41, 5.74) is 1.20. The highest BCUT2D eigenvalue weighted by molar-refractivity contribution is 5.86. The third-order valence-electron chi connectivity index (χ3n) is 3.35. The summed E-state index contributed by atoms with van der Waals surface area (Å²) >= 11 is 0. The zero-order valence-electron chi connectivity index (χ0n) is 11.2. The van der Waals surface area contributed by atoms with Gasteiger partial charge in [0.15, 0.2) is 0 Å². The van der Waals surface area contributed by atoms with E-state index in [1.165, 1.54) is 5.56 Å². The highest BCUT2D eigenvalue weighted by Gasteiger charge is 2.34. The van der Waals surface area contributed by atoms with Crippen LogP contribution in [0.4, 0.5) is 0 Å². The van der Waals surface area contributed by atoms with Crippen molar-refractivity contribution in [2.24, 2.45) is 5.92 Å². The molecule has 0 aromatic heterocycles. The number of nitrogens with zero attached hydrogens (tertiary/aromatic N) is 1. The van der Waals surface area contributed by atoms with E-state index in [9.17, 15) is 9.59 Å². The van der Waals surface area contributed by atoms with Gasteiger partial charge in [-0.3, -0.25) is 9.59 Å². The number of carbonyl (C=O) groups excluding carboxylic acids is 2. The molecule has 1 amide bonds. The molecule has 1 saturated heterocycles. The number of carbonyl (C=O) groups is 2. The van der Waals surface area contributed by atoms with Crippen LogP contribution in [0, 0.1) is 5.92 Å². The van der Waals surface area contributed by atoms with Crippen LogP contribution < -0.4 is 0 Å². The van der Waals surface area contributed by atoms with E-state index in [1.54, 1.807) is 11.8 Å². The van der Waals surface area contributed by atoms with Crippen molar-refractivity contribution in [3.63, 3.8) is 0 Å². The molecule has 1 aromatic rings. The predicted octanol–water partition coefficient (Wildman–Crippen LogP) is 1.64. The molecule has 0 saturated carbocycles. The molecule has 0 bridgehead atoms. The van der Waals surface area contributed by atoms with Crippen LogP contribution in [-0.2, 0) is 20.7 Å². The lowest BCUT2D eigenvalue weighted by atomic mass is 10.1. The molecule has 19 heavy (non-hydrogen) atoms. The monoisotopic (exact) mass is 261 g/mol. The number of hydrogen-bond donors (Lipinski definition) is 0. The van der Waals surface area contributed by atoms with Crippen molar-refractivity contribution in [2.45, 2.75) is 19.8 Å². The van der Waals surface area contributed by atoms with Crippen LogP contribution in [-0.4, -0.2) is 36.5 Å². The molecular formula is C15H19NO3. The Kier molecular flexibility index (Phi) is 4.55. The van der Waals surface area contributed by atoms with Crippen LogP contribution in [0.5, 0.6) is 0 Å². The van der Waals surface area contributed by atoms with Gasteiger partial charge in [0, 0.05) is 19.5 Å². The SMILES string of the molecule is CCOC(=O)C1CC(=O)N(CCc2ccccc2)C1. The minimum atomic E-state index is -0.289. The molecule has 0 N–H and O–H groups in total. The third kappa shape index (κ3) is 3.56. The first-order chi connectivity index (χ1) is 9.20. The van der Waals surface area contributed by atoms with Gasteiger partial charge in [-0.15, -0.1) is 0 Å². The molecule has 1 aliphatic heterocycles. The second-order valence-electron chi connectivity index (χ2n) is 4.73. The van der Waals surface area contributed by atoms with Crippen LogP contribution >= 0.6 is 0 Å². The highest BCUT2D eigenvalue weighted by atomic mass is 16.5. The summed E-state index contributed by atoms with van der Waals surface area (Å²) in [5.74, 6) is -0.490. The number of likely N-dealkylation sites (tertiary alicyclic amines) is 1. The number of benzene rings is 1. The number of esters is 1. The van der Waals surface area contributed by atoms with E-state index < -0.39 is 0 Å². The number of ether oxygens (including phenoxy) is 1.